The smallest absolute Gasteiger partial charge is 0.308 e. The van der Waals surface area contributed by atoms with E-state index in [1.165, 1.54) is 6.92 Å². The molecule has 0 spiro atoms. The Labute approximate surface area is 167 Å². The standard InChI is InChI=1S/C22H32O6/c1-7-26-20(25)10-8-9-13-27-22-16(4)15(3)21(28-18(6)24)17(5)19(22)12-11-14(2)23/h7-13H2,1-6H3. The summed E-state index contributed by atoms with van der Waals surface area (Å²) in [5.74, 6) is 0.794. The van der Waals surface area contributed by atoms with Crippen LogP contribution in [0.2, 0.25) is 0 Å². The predicted octanol–water partition coefficient (Wildman–Crippen LogP) is 4.17. The van der Waals surface area contributed by atoms with Crippen LogP contribution in [0.1, 0.15) is 68.7 Å². The lowest BCUT2D eigenvalue weighted by Gasteiger charge is -2.21. The number of carbonyl (C=O) groups is 3. The van der Waals surface area contributed by atoms with Crippen molar-refractivity contribution in [1.82, 2.24) is 0 Å². The van der Waals surface area contributed by atoms with E-state index in [1.807, 2.05) is 20.8 Å². The molecular formula is C22H32O6. The maximum Gasteiger partial charge on any atom is 0.308 e. The number of carbonyl (C=O) groups excluding carboxylic acids is 3. The zero-order valence-corrected chi connectivity index (χ0v) is 17.9. The first-order chi connectivity index (χ1) is 13.2. The number of benzene rings is 1. The van der Waals surface area contributed by atoms with E-state index in [4.69, 9.17) is 14.2 Å². The average molecular weight is 392 g/mol. The van der Waals surface area contributed by atoms with E-state index in [9.17, 15) is 14.4 Å². The number of ketones is 1. The molecular weight excluding hydrogens is 360 g/mol. The van der Waals surface area contributed by atoms with Crippen molar-refractivity contribution in [1.29, 1.82) is 0 Å². The molecule has 28 heavy (non-hydrogen) atoms. The quantitative estimate of drug-likeness (QED) is 0.319. The van der Waals surface area contributed by atoms with E-state index >= 15 is 0 Å². The van der Waals surface area contributed by atoms with Gasteiger partial charge in [-0.1, -0.05) is 0 Å². The Balaban J connectivity index is 2.99. The predicted molar refractivity (Wildman–Crippen MR) is 107 cm³/mol. The Morgan fingerprint density at radius 2 is 1.50 bits per heavy atom. The summed E-state index contributed by atoms with van der Waals surface area (Å²) in [6.07, 6.45) is 2.69. The topological polar surface area (TPSA) is 78.9 Å². The summed E-state index contributed by atoms with van der Waals surface area (Å²) in [4.78, 5) is 34.4. The van der Waals surface area contributed by atoms with Crippen molar-refractivity contribution < 1.29 is 28.6 Å². The largest absolute Gasteiger partial charge is 0.493 e. The van der Waals surface area contributed by atoms with Gasteiger partial charge in [-0.2, -0.15) is 0 Å². The highest BCUT2D eigenvalue weighted by molar-refractivity contribution is 5.76. The molecule has 0 amide bonds. The molecule has 6 nitrogen and oxygen atoms in total. The maximum atomic E-state index is 11.5. The van der Waals surface area contributed by atoms with E-state index in [0.717, 1.165) is 28.0 Å². The van der Waals surface area contributed by atoms with E-state index < -0.39 is 0 Å². The Bertz CT molecular complexity index is 720. The maximum absolute atomic E-state index is 11.5. The third kappa shape index (κ3) is 6.98. The van der Waals surface area contributed by atoms with Crippen molar-refractivity contribution in [2.75, 3.05) is 13.2 Å². The van der Waals surface area contributed by atoms with Crippen LogP contribution in [-0.4, -0.2) is 30.9 Å². The van der Waals surface area contributed by atoms with Gasteiger partial charge < -0.3 is 19.0 Å². The summed E-state index contributed by atoms with van der Waals surface area (Å²) in [6.45, 7) is 11.3. The third-order valence-electron chi connectivity index (χ3n) is 4.61. The summed E-state index contributed by atoms with van der Waals surface area (Å²) < 4.78 is 16.4. The van der Waals surface area contributed by atoms with Crippen molar-refractivity contribution >= 4 is 17.7 Å². The van der Waals surface area contributed by atoms with Gasteiger partial charge in [0, 0.05) is 25.3 Å². The van der Waals surface area contributed by atoms with Crippen molar-refractivity contribution in [2.24, 2.45) is 0 Å². The number of hydrogen-bond acceptors (Lipinski definition) is 6. The highest BCUT2D eigenvalue weighted by Crippen LogP contribution is 2.38. The first-order valence-corrected chi connectivity index (χ1v) is 9.77. The minimum atomic E-state index is -0.379. The fourth-order valence-electron chi connectivity index (χ4n) is 3.03. The van der Waals surface area contributed by atoms with E-state index in [1.54, 1.807) is 13.8 Å². The zero-order chi connectivity index (χ0) is 21.3. The molecule has 6 heteroatoms. The lowest BCUT2D eigenvalue weighted by Crippen LogP contribution is -2.11. The molecule has 0 bridgehead atoms. The Morgan fingerprint density at radius 1 is 0.857 bits per heavy atom. The molecule has 0 aliphatic carbocycles. The first kappa shape index (κ1) is 23.7. The average Bonchev–Trinajstić information content (AvgIpc) is 2.61. The SMILES string of the molecule is CCOC(=O)CCCCOc1c(C)c(C)c(OC(C)=O)c(C)c1CCC(C)=O. The van der Waals surface area contributed by atoms with Crippen molar-refractivity contribution in [3.05, 3.63) is 22.3 Å². The second kappa shape index (κ2) is 11.5. The molecule has 0 fully saturated rings. The Hall–Kier alpha value is -2.37. The van der Waals surface area contributed by atoms with Crippen LogP contribution in [0, 0.1) is 20.8 Å². The number of unbranched alkanes of at least 4 members (excludes halogenated alkanes) is 1. The number of rotatable bonds is 11. The van der Waals surface area contributed by atoms with Gasteiger partial charge in [0.2, 0.25) is 0 Å². The zero-order valence-electron chi connectivity index (χ0n) is 17.9. The number of ether oxygens (including phenoxy) is 3. The van der Waals surface area contributed by atoms with Crippen LogP contribution in [0.25, 0.3) is 0 Å². The summed E-state index contributed by atoms with van der Waals surface area (Å²) >= 11 is 0. The van der Waals surface area contributed by atoms with Crippen LogP contribution >= 0.6 is 0 Å². The number of esters is 2. The van der Waals surface area contributed by atoms with Crippen LogP contribution in [0.4, 0.5) is 0 Å². The molecule has 1 rings (SSSR count). The first-order valence-electron chi connectivity index (χ1n) is 9.77. The van der Waals surface area contributed by atoms with Gasteiger partial charge in [0.25, 0.3) is 0 Å². The van der Waals surface area contributed by atoms with Gasteiger partial charge in [0.15, 0.2) is 0 Å². The summed E-state index contributed by atoms with van der Waals surface area (Å²) in [5.41, 5.74) is 3.45. The van der Waals surface area contributed by atoms with Crippen LogP contribution in [0.3, 0.4) is 0 Å². The van der Waals surface area contributed by atoms with Gasteiger partial charge in [-0.25, -0.2) is 0 Å². The lowest BCUT2D eigenvalue weighted by atomic mass is 9.94. The van der Waals surface area contributed by atoms with Gasteiger partial charge in [0.05, 0.1) is 13.2 Å². The molecule has 0 saturated carbocycles. The fourth-order valence-corrected chi connectivity index (χ4v) is 3.03. The Kier molecular flexibility index (Phi) is 9.69. The van der Waals surface area contributed by atoms with Crippen molar-refractivity contribution in [3.8, 4) is 11.5 Å². The molecule has 0 heterocycles. The van der Waals surface area contributed by atoms with E-state index in [0.29, 0.717) is 51.1 Å². The normalized spacial score (nSPS) is 10.5. The minimum absolute atomic E-state index is 0.0899. The molecule has 0 unspecified atom stereocenters. The molecule has 1 aromatic carbocycles. The molecule has 0 aliphatic heterocycles. The lowest BCUT2D eigenvalue weighted by molar-refractivity contribution is -0.143. The molecule has 0 aromatic heterocycles. The highest BCUT2D eigenvalue weighted by Gasteiger charge is 2.21. The number of Topliss-reactive ketones (excluding diaryl/α,β-unsaturated/α-hetero) is 1. The van der Waals surface area contributed by atoms with Gasteiger partial charge >= 0.3 is 11.9 Å². The molecule has 156 valence electrons. The van der Waals surface area contributed by atoms with E-state index in [-0.39, 0.29) is 17.7 Å². The molecule has 0 saturated heterocycles. The van der Waals surface area contributed by atoms with Crippen molar-refractivity contribution in [3.63, 3.8) is 0 Å². The van der Waals surface area contributed by atoms with Crippen LogP contribution in [0.15, 0.2) is 0 Å². The second-order valence-corrected chi connectivity index (χ2v) is 6.92. The molecule has 1 aromatic rings. The van der Waals surface area contributed by atoms with Crippen LogP contribution < -0.4 is 9.47 Å². The van der Waals surface area contributed by atoms with Crippen LogP contribution in [0.5, 0.6) is 11.5 Å². The van der Waals surface area contributed by atoms with Gasteiger partial charge in [-0.3, -0.25) is 9.59 Å². The molecule has 0 aliphatic rings. The van der Waals surface area contributed by atoms with Crippen molar-refractivity contribution in [2.45, 2.75) is 73.6 Å². The fraction of sp³-hybridized carbons (Fsp3) is 0.591. The van der Waals surface area contributed by atoms with Gasteiger partial charge in [0.1, 0.15) is 17.3 Å². The highest BCUT2D eigenvalue weighted by atomic mass is 16.5. The van der Waals surface area contributed by atoms with E-state index in [2.05, 4.69) is 0 Å². The summed E-state index contributed by atoms with van der Waals surface area (Å²) in [6, 6.07) is 0. The molecule has 0 N–H and O–H groups in total. The Morgan fingerprint density at radius 3 is 2.07 bits per heavy atom. The minimum Gasteiger partial charge on any atom is -0.493 e. The summed E-state index contributed by atoms with van der Waals surface area (Å²) in [5, 5.41) is 0. The molecule has 0 radical (unpaired) electrons. The van der Waals surface area contributed by atoms with Crippen LogP contribution in [-0.2, 0) is 25.5 Å². The third-order valence-corrected chi connectivity index (χ3v) is 4.61. The molecule has 0 atom stereocenters. The van der Waals surface area contributed by atoms with Gasteiger partial charge in [-0.15, -0.1) is 0 Å². The van der Waals surface area contributed by atoms with Gasteiger partial charge in [-0.05, 0) is 70.6 Å². The second-order valence-electron chi connectivity index (χ2n) is 6.92. The summed E-state index contributed by atoms with van der Waals surface area (Å²) in [7, 11) is 0. The monoisotopic (exact) mass is 392 g/mol. The number of hydrogen-bond donors (Lipinski definition) is 0.